The molecule has 172 valence electrons. The number of amides is 1. The summed E-state index contributed by atoms with van der Waals surface area (Å²) in [4.78, 5) is 24.0. The average molecular weight is 457 g/mol. The lowest BCUT2D eigenvalue weighted by molar-refractivity contribution is -0.148. The minimum atomic E-state index is -1.66. The van der Waals surface area contributed by atoms with Crippen molar-refractivity contribution in [2.45, 2.75) is 12.6 Å². The van der Waals surface area contributed by atoms with Gasteiger partial charge in [-0.05, 0) is 22.8 Å². The van der Waals surface area contributed by atoms with Gasteiger partial charge in [0, 0.05) is 12.1 Å². The van der Waals surface area contributed by atoms with Crippen LogP contribution in [0.4, 0.5) is 0 Å². The van der Waals surface area contributed by atoms with E-state index in [1.807, 2.05) is 84.9 Å². The van der Waals surface area contributed by atoms with Crippen LogP contribution in [0.25, 0.3) is 22.4 Å². The second-order valence-corrected chi connectivity index (χ2v) is 7.77. The minimum Gasteiger partial charge on any atom is -0.479 e. The van der Waals surface area contributed by atoms with Crippen LogP contribution < -0.4 is 5.43 Å². The van der Waals surface area contributed by atoms with Crippen LogP contribution in [-0.2, 0) is 11.3 Å². The number of aliphatic carboxylic acids is 1. The van der Waals surface area contributed by atoms with Crippen LogP contribution in [0.5, 0.6) is 0 Å². The van der Waals surface area contributed by atoms with E-state index >= 15 is 0 Å². The molecule has 1 unspecified atom stereocenters. The highest BCUT2D eigenvalue weighted by Gasteiger charge is 2.21. The average Bonchev–Trinajstić information content (AvgIpc) is 3.36. The van der Waals surface area contributed by atoms with Gasteiger partial charge in [0.1, 0.15) is 5.69 Å². The van der Waals surface area contributed by atoms with Crippen molar-refractivity contribution in [2.24, 2.45) is 0 Å². The molecule has 34 heavy (non-hydrogen) atoms. The van der Waals surface area contributed by atoms with Crippen molar-refractivity contribution in [3.05, 3.63) is 102 Å². The molecule has 4 N–H and O–H groups in total. The number of carbonyl (C=O) groups is 2. The number of nitrogens with zero attached hydrogens (tertiary/aromatic N) is 2. The highest BCUT2D eigenvalue weighted by Crippen LogP contribution is 2.20. The molecular formula is C26H24N4O4. The molecule has 1 atom stereocenters. The number of hydrazine groups is 1. The number of aromatic nitrogens is 2. The summed E-state index contributed by atoms with van der Waals surface area (Å²) in [5, 5.41) is 27.3. The van der Waals surface area contributed by atoms with Gasteiger partial charge in [0.15, 0.2) is 6.10 Å². The molecule has 0 aliphatic heterocycles. The third kappa shape index (κ3) is 5.74. The van der Waals surface area contributed by atoms with Crippen molar-refractivity contribution in [1.29, 1.82) is 0 Å². The highest BCUT2D eigenvalue weighted by molar-refractivity contribution is 5.93. The number of aromatic amines is 1. The lowest BCUT2D eigenvalue weighted by atomic mass is 10.0. The number of hydrogen-bond acceptors (Lipinski definition) is 5. The zero-order valence-corrected chi connectivity index (χ0v) is 18.3. The van der Waals surface area contributed by atoms with E-state index in [4.69, 9.17) is 5.11 Å². The first-order valence-corrected chi connectivity index (χ1v) is 10.7. The molecule has 8 heteroatoms. The molecule has 0 bridgehead atoms. The van der Waals surface area contributed by atoms with E-state index in [2.05, 4.69) is 15.6 Å². The Morgan fingerprint density at radius 1 is 0.882 bits per heavy atom. The van der Waals surface area contributed by atoms with E-state index in [0.717, 1.165) is 22.3 Å². The molecule has 1 heterocycles. The lowest BCUT2D eigenvalue weighted by Crippen LogP contribution is -2.47. The van der Waals surface area contributed by atoms with E-state index in [-0.39, 0.29) is 18.8 Å². The number of aliphatic hydroxyl groups excluding tert-OH is 1. The maximum absolute atomic E-state index is 12.8. The lowest BCUT2D eigenvalue weighted by Gasteiger charge is -2.24. The summed E-state index contributed by atoms with van der Waals surface area (Å²) in [6, 6.07) is 28.6. The van der Waals surface area contributed by atoms with Crippen molar-refractivity contribution < 1.29 is 19.8 Å². The van der Waals surface area contributed by atoms with E-state index < -0.39 is 18.0 Å². The van der Waals surface area contributed by atoms with Gasteiger partial charge in [-0.1, -0.05) is 84.9 Å². The largest absolute Gasteiger partial charge is 0.479 e. The summed E-state index contributed by atoms with van der Waals surface area (Å²) in [7, 11) is 0. The predicted molar refractivity (Wildman–Crippen MR) is 127 cm³/mol. The Hall–Kier alpha value is -4.27. The normalized spacial score (nSPS) is 11.8. The summed E-state index contributed by atoms with van der Waals surface area (Å²) in [6.45, 7) is -0.0913. The van der Waals surface area contributed by atoms with Gasteiger partial charge in [0.2, 0.25) is 0 Å². The zero-order chi connectivity index (χ0) is 23.9. The Bertz CT molecular complexity index is 1240. The quantitative estimate of drug-likeness (QED) is 0.287. The summed E-state index contributed by atoms with van der Waals surface area (Å²) in [5.41, 5.74) is 7.32. The number of carboxylic acids is 1. The molecule has 0 saturated carbocycles. The predicted octanol–water partition coefficient (Wildman–Crippen LogP) is 3.34. The Kier molecular flexibility index (Phi) is 7.12. The fraction of sp³-hybridized carbons (Fsp3) is 0.115. The van der Waals surface area contributed by atoms with E-state index in [0.29, 0.717) is 5.69 Å². The number of nitrogens with one attached hydrogen (secondary N) is 2. The minimum absolute atomic E-state index is 0.199. The van der Waals surface area contributed by atoms with Crippen molar-refractivity contribution >= 4 is 11.9 Å². The maximum Gasteiger partial charge on any atom is 0.333 e. The Morgan fingerprint density at radius 3 is 2.09 bits per heavy atom. The number of carboxylic acid groups (broad SMARTS) is 1. The molecule has 0 fully saturated rings. The topological polar surface area (TPSA) is 119 Å². The van der Waals surface area contributed by atoms with Gasteiger partial charge < -0.3 is 10.2 Å². The van der Waals surface area contributed by atoms with Crippen LogP contribution in [-0.4, -0.2) is 49.9 Å². The van der Waals surface area contributed by atoms with Crippen LogP contribution in [0.15, 0.2) is 91.0 Å². The standard InChI is InChI=1S/C26H24N4O4/c31-24(26(33)34)17-30(16-18-11-13-20(14-12-18)19-7-3-1-4-8-19)29-25(32)23-15-22(27-28-23)21-9-5-2-6-10-21/h1-15,24,31H,16-17H2,(H,27,28)(H,29,32)(H,33,34). The molecule has 0 radical (unpaired) electrons. The zero-order valence-electron chi connectivity index (χ0n) is 18.3. The van der Waals surface area contributed by atoms with Crippen LogP contribution in [0.3, 0.4) is 0 Å². The monoisotopic (exact) mass is 456 g/mol. The van der Waals surface area contributed by atoms with Gasteiger partial charge in [-0.3, -0.25) is 15.3 Å². The first-order chi connectivity index (χ1) is 16.5. The molecule has 1 aromatic heterocycles. The molecule has 0 spiro atoms. The van der Waals surface area contributed by atoms with Crippen LogP contribution in [0.1, 0.15) is 16.1 Å². The third-order valence-corrected chi connectivity index (χ3v) is 5.26. The van der Waals surface area contributed by atoms with Crippen LogP contribution in [0.2, 0.25) is 0 Å². The molecule has 8 nitrogen and oxygen atoms in total. The molecule has 4 aromatic rings. The van der Waals surface area contributed by atoms with E-state index in [1.54, 1.807) is 6.07 Å². The number of H-pyrrole nitrogens is 1. The summed E-state index contributed by atoms with van der Waals surface area (Å²) >= 11 is 0. The number of rotatable bonds is 9. The van der Waals surface area contributed by atoms with Gasteiger partial charge >= 0.3 is 5.97 Å². The Balaban J connectivity index is 1.48. The Labute approximate surface area is 196 Å². The number of carbonyl (C=O) groups excluding carboxylic acids is 1. The number of aliphatic hydroxyl groups is 1. The first kappa shape index (κ1) is 22.9. The van der Waals surface area contributed by atoms with Crippen molar-refractivity contribution in [2.75, 3.05) is 6.54 Å². The van der Waals surface area contributed by atoms with Crippen LogP contribution in [0, 0.1) is 0 Å². The smallest absolute Gasteiger partial charge is 0.333 e. The molecule has 0 aliphatic carbocycles. The van der Waals surface area contributed by atoms with Crippen molar-refractivity contribution in [3.8, 4) is 22.4 Å². The molecule has 3 aromatic carbocycles. The second kappa shape index (κ2) is 10.6. The highest BCUT2D eigenvalue weighted by atomic mass is 16.4. The van der Waals surface area contributed by atoms with Gasteiger partial charge in [0.05, 0.1) is 12.2 Å². The molecule has 1 amide bonds. The van der Waals surface area contributed by atoms with Gasteiger partial charge in [-0.15, -0.1) is 0 Å². The van der Waals surface area contributed by atoms with Gasteiger partial charge in [-0.25, -0.2) is 9.80 Å². The third-order valence-electron chi connectivity index (χ3n) is 5.26. The fourth-order valence-corrected chi connectivity index (χ4v) is 3.49. The van der Waals surface area contributed by atoms with Gasteiger partial charge in [-0.2, -0.15) is 5.10 Å². The van der Waals surface area contributed by atoms with E-state index in [1.165, 1.54) is 5.01 Å². The van der Waals surface area contributed by atoms with Crippen molar-refractivity contribution in [3.63, 3.8) is 0 Å². The molecule has 0 saturated heterocycles. The first-order valence-electron chi connectivity index (χ1n) is 10.7. The maximum atomic E-state index is 12.8. The summed E-state index contributed by atoms with van der Waals surface area (Å²) < 4.78 is 0. The number of benzene rings is 3. The molecule has 4 rings (SSSR count). The summed E-state index contributed by atoms with van der Waals surface area (Å²) in [5.74, 6) is -1.86. The molecular weight excluding hydrogens is 432 g/mol. The van der Waals surface area contributed by atoms with E-state index in [9.17, 15) is 14.7 Å². The SMILES string of the molecule is O=C(NN(Cc1ccc(-c2ccccc2)cc1)CC(O)C(=O)O)c1cc(-c2ccccc2)n[nH]1. The summed E-state index contributed by atoms with van der Waals surface area (Å²) in [6.07, 6.45) is -1.66. The fourth-order valence-electron chi connectivity index (χ4n) is 3.49. The number of hydrogen-bond donors (Lipinski definition) is 4. The van der Waals surface area contributed by atoms with Gasteiger partial charge in [0.25, 0.3) is 5.91 Å². The Morgan fingerprint density at radius 2 is 1.47 bits per heavy atom. The molecule has 0 aliphatic rings. The second-order valence-electron chi connectivity index (χ2n) is 7.77. The van der Waals surface area contributed by atoms with Crippen LogP contribution >= 0.6 is 0 Å². The van der Waals surface area contributed by atoms with Crippen molar-refractivity contribution in [1.82, 2.24) is 20.6 Å².